The second-order valence-electron chi connectivity index (χ2n) is 5.51. The molecule has 2 heterocycles. The molecule has 0 radical (unpaired) electrons. The third-order valence-corrected chi connectivity index (χ3v) is 3.81. The molecule has 2 heteroatoms. The van der Waals surface area contributed by atoms with E-state index >= 15 is 0 Å². The van der Waals surface area contributed by atoms with Crippen LogP contribution in [0.25, 0.3) is 10.9 Å². The van der Waals surface area contributed by atoms with Crippen LogP contribution in [0.1, 0.15) is 25.3 Å². The Hall–Kier alpha value is -1.41. The maximum Gasteiger partial charge on any atom is 0.0702 e. The van der Waals surface area contributed by atoms with E-state index in [9.17, 15) is 0 Å². The summed E-state index contributed by atoms with van der Waals surface area (Å²) in [6, 6.07) is 10.8. The fourth-order valence-electron chi connectivity index (χ4n) is 2.91. The molecule has 0 bridgehead atoms. The summed E-state index contributed by atoms with van der Waals surface area (Å²) in [7, 11) is 0. The molecule has 0 unspecified atom stereocenters. The van der Waals surface area contributed by atoms with Crippen LogP contribution in [0.2, 0.25) is 0 Å². The van der Waals surface area contributed by atoms with Gasteiger partial charge in [0.15, 0.2) is 0 Å². The van der Waals surface area contributed by atoms with E-state index in [2.05, 4.69) is 41.1 Å². The van der Waals surface area contributed by atoms with Crippen molar-refractivity contribution >= 4 is 10.9 Å². The van der Waals surface area contributed by atoms with Gasteiger partial charge in [0.1, 0.15) is 0 Å². The number of likely N-dealkylation sites (tertiary alicyclic amines) is 1. The van der Waals surface area contributed by atoms with Crippen molar-refractivity contribution in [3.63, 3.8) is 0 Å². The summed E-state index contributed by atoms with van der Waals surface area (Å²) in [5.41, 5.74) is 2.50. The van der Waals surface area contributed by atoms with Crippen LogP contribution in [-0.4, -0.2) is 23.0 Å². The van der Waals surface area contributed by atoms with Gasteiger partial charge in [0.05, 0.1) is 5.52 Å². The molecule has 94 valence electrons. The van der Waals surface area contributed by atoms with Crippen LogP contribution in [0.15, 0.2) is 36.5 Å². The lowest BCUT2D eigenvalue weighted by molar-refractivity contribution is 0.176. The first-order valence-electron chi connectivity index (χ1n) is 6.87. The molecule has 2 aromatic rings. The molecule has 18 heavy (non-hydrogen) atoms. The van der Waals surface area contributed by atoms with Gasteiger partial charge in [-0.25, -0.2) is 0 Å². The lowest BCUT2D eigenvalue weighted by atomic mass is 9.99. The number of nitrogens with zero attached hydrogens (tertiary/aromatic N) is 2. The topological polar surface area (TPSA) is 16.1 Å². The first-order chi connectivity index (χ1) is 8.81. The number of hydrogen-bond acceptors (Lipinski definition) is 2. The summed E-state index contributed by atoms with van der Waals surface area (Å²) in [4.78, 5) is 6.94. The van der Waals surface area contributed by atoms with E-state index in [-0.39, 0.29) is 0 Å². The van der Waals surface area contributed by atoms with Gasteiger partial charge in [-0.2, -0.15) is 0 Å². The summed E-state index contributed by atoms with van der Waals surface area (Å²) < 4.78 is 0. The van der Waals surface area contributed by atoms with Crippen molar-refractivity contribution in [1.29, 1.82) is 0 Å². The summed E-state index contributed by atoms with van der Waals surface area (Å²) in [6.45, 7) is 5.92. The summed E-state index contributed by atoms with van der Waals surface area (Å²) in [5, 5.41) is 1.25. The highest BCUT2D eigenvalue weighted by Crippen LogP contribution is 2.19. The van der Waals surface area contributed by atoms with Gasteiger partial charge in [-0.05, 0) is 49.1 Å². The molecule has 0 spiro atoms. The standard InChI is InChI=1S/C16H20N2/c1-13-4-3-9-18(11-13)12-14-6-7-16-15(10-14)5-2-8-17-16/h2,5-8,10,13H,3-4,9,11-12H2,1H3/t13-/m1/s1. The lowest BCUT2D eigenvalue weighted by Gasteiger charge is -2.30. The molecular formula is C16H20N2. The Balaban J connectivity index is 1.78. The minimum absolute atomic E-state index is 0.848. The average molecular weight is 240 g/mol. The molecule has 0 amide bonds. The fourth-order valence-corrected chi connectivity index (χ4v) is 2.91. The van der Waals surface area contributed by atoms with Crippen LogP contribution in [-0.2, 0) is 6.54 Å². The Bertz CT molecular complexity index is 535. The van der Waals surface area contributed by atoms with Crippen molar-refractivity contribution in [2.24, 2.45) is 5.92 Å². The highest BCUT2D eigenvalue weighted by atomic mass is 15.1. The van der Waals surface area contributed by atoms with Gasteiger partial charge in [0.2, 0.25) is 0 Å². The number of benzene rings is 1. The van der Waals surface area contributed by atoms with Gasteiger partial charge < -0.3 is 0 Å². The van der Waals surface area contributed by atoms with Gasteiger partial charge in [-0.15, -0.1) is 0 Å². The van der Waals surface area contributed by atoms with Crippen molar-refractivity contribution in [3.8, 4) is 0 Å². The highest BCUT2D eigenvalue weighted by Gasteiger charge is 2.16. The number of fused-ring (bicyclic) bond motifs is 1. The first kappa shape index (κ1) is 11.7. The van der Waals surface area contributed by atoms with Crippen LogP contribution in [0.3, 0.4) is 0 Å². The van der Waals surface area contributed by atoms with Crippen molar-refractivity contribution < 1.29 is 0 Å². The molecule has 1 aromatic heterocycles. The van der Waals surface area contributed by atoms with Gasteiger partial charge >= 0.3 is 0 Å². The van der Waals surface area contributed by atoms with Crippen molar-refractivity contribution in [2.75, 3.05) is 13.1 Å². The monoisotopic (exact) mass is 240 g/mol. The zero-order valence-electron chi connectivity index (χ0n) is 11.0. The van der Waals surface area contributed by atoms with E-state index in [0.717, 1.165) is 18.0 Å². The molecule has 1 atom stereocenters. The Kier molecular flexibility index (Phi) is 3.28. The summed E-state index contributed by atoms with van der Waals surface area (Å²) in [6.07, 6.45) is 4.59. The van der Waals surface area contributed by atoms with Gasteiger partial charge in [-0.1, -0.05) is 19.1 Å². The predicted molar refractivity (Wildman–Crippen MR) is 75.4 cm³/mol. The molecule has 2 nitrogen and oxygen atoms in total. The number of rotatable bonds is 2. The van der Waals surface area contributed by atoms with E-state index in [1.54, 1.807) is 0 Å². The number of piperidine rings is 1. The van der Waals surface area contributed by atoms with Crippen LogP contribution < -0.4 is 0 Å². The first-order valence-corrected chi connectivity index (χ1v) is 6.87. The maximum absolute atomic E-state index is 4.37. The van der Waals surface area contributed by atoms with Gasteiger partial charge in [-0.3, -0.25) is 9.88 Å². The number of pyridine rings is 1. The van der Waals surface area contributed by atoms with E-state index in [1.807, 2.05) is 12.3 Å². The van der Waals surface area contributed by atoms with Crippen molar-refractivity contribution in [3.05, 3.63) is 42.1 Å². The molecule has 1 aliphatic heterocycles. The van der Waals surface area contributed by atoms with Crippen LogP contribution in [0.4, 0.5) is 0 Å². The second kappa shape index (κ2) is 5.07. The maximum atomic E-state index is 4.37. The minimum atomic E-state index is 0.848. The number of aromatic nitrogens is 1. The summed E-state index contributed by atoms with van der Waals surface area (Å²) >= 11 is 0. The normalized spacial score (nSPS) is 21.3. The lowest BCUT2D eigenvalue weighted by Crippen LogP contribution is -2.33. The van der Waals surface area contributed by atoms with Gasteiger partial charge in [0.25, 0.3) is 0 Å². The molecular weight excluding hydrogens is 220 g/mol. The second-order valence-corrected chi connectivity index (χ2v) is 5.51. The largest absolute Gasteiger partial charge is 0.299 e. The smallest absolute Gasteiger partial charge is 0.0702 e. The molecule has 3 rings (SSSR count). The van der Waals surface area contributed by atoms with E-state index < -0.39 is 0 Å². The van der Waals surface area contributed by atoms with Crippen LogP contribution >= 0.6 is 0 Å². The zero-order chi connectivity index (χ0) is 12.4. The van der Waals surface area contributed by atoms with Crippen LogP contribution in [0.5, 0.6) is 0 Å². The molecule has 1 aliphatic rings. The average Bonchev–Trinajstić information content (AvgIpc) is 2.39. The van der Waals surface area contributed by atoms with Crippen LogP contribution in [0, 0.1) is 5.92 Å². The molecule has 0 N–H and O–H groups in total. The zero-order valence-corrected chi connectivity index (χ0v) is 11.0. The predicted octanol–water partition coefficient (Wildman–Crippen LogP) is 3.47. The van der Waals surface area contributed by atoms with E-state index in [4.69, 9.17) is 0 Å². The van der Waals surface area contributed by atoms with E-state index in [0.29, 0.717) is 0 Å². The highest BCUT2D eigenvalue weighted by molar-refractivity contribution is 5.78. The molecule has 1 aromatic carbocycles. The third-order valence-electron chi connectivity index (χ3n) is 3.81. The SMILES string of the molecule is C[C@@H]1CCCN(Cc2ccc3ncccc3c2)C1. The van der Waals surface area contributed by atoms with E-state index in [1.165, 1.54) is 36.9 Å². The Morgan fingerprint density at radius 2 is 2.28 bits per heavy atom. The Labute approximate surface area is 109 Å². The minimum Gasteiger partial charge on any atom is -0.299 e. The molecule has 1 fully saturated rings. The Morgan fingerprint density at radius 3 is 3.17 bits per heavy atom. The molecule has 0 saturated carbocycles. The molecule has 0 aliphatic carbocycles. The summed E-state index contributed by atoms with van der Waals surface area (Å²) in [5.74, 6) is 0.848. The Morgan fingerprint density at radius 1 is 1.33 bits per heavy atom. The fraction of sp³-hybridized carbons (Fsp3) is 0.438. The van der Waals surface area contributed by atoms with Crippen molar-refractivity contribution in [1.82, 2.24) is 9.88 Å². The van der Waals surface area contributed by atoms with Crippen molar-refractivity contribution in [2.45, 2.75) is 26.3 Å². The molecule has 1 saturated heterocycles. The van der Waals surface area contributed by atoms with Gasteiger partial charge in [0, 0.05) is 24.7 Å². The third kappa shape index (κ3) is 2.54. The number of hydrogen-bond donors (Lipinski definition) is 0. The quantitative estimate of drug-likeness (QED) is 0.799.